The molecule has 3 rings (SSSR count). The number of fused-ring (bicyclic) bond motifs is 1. The molecule has 0 spiro atoms. The summed E-state index contributed by atoms with van der Waals surface area (Å²) in [6.45, 7) is -1.02. The summed E-state index contributed by atoms with van der Waals surface area (Å²) in [7, 11) is -3.13. The zero-order chi connectivity index (χ0) is 18.9. The van der Waals surface area contributed by atoms with E-state index in [1.807, 2.05) is 24.3 Å². The number of carboxylic acids is 1. The number of aliphatic imine (C=N–C) groups is 1. The zero-order valence-electron chi connectivity index (χ0n) is 13.4. The van der Waals surface area contributed by atoms with Crippen LogP contribution in [0.1, 0.15) is 0 Å². The highest BCUT2D eigenvalue weighted by Gasteiger charge is 2.49. The molecule has 0 bridgehead atoms. The number of anilines is 1. The Kier molecular flexibility index (Phi) is 5.89. The molecule has 1 N–H and O–H groups in total. The molecule has 2 fully saturated rings. The predicted molar refractivity (Wildman–Crippen MR) is 106 cm³/mol. The molecule has 2 aliphatic rings. The molecule has 2 aliphatic heterocycles. The van der Waals surface area contributed by atoms with Crippen molar-refractivity contribution in [1.29, 1.82) is 0 Å². The average molecular weight is 510 g/mol. The van der Waals surface area contributed by atoms with Gasteiger partial charge in [0.25, 0.3) is 5.91 Å². The fraction of sp³-hybridized carbons (Fsp3) is 0.400. The Hall–Kier alpha value is -1.18. The molecule has 0 saturated carbocycles. The Bertz CT molecular complexity index is 873. The van der Waals surface area contributed by atoms with Crippen molar-refractivity contribution in [2.45, 2.75) is 11.3 Å². The summed E-state index contributed by atoms with van der Waals surface area (Å²) in [5.74, 6) is -1.71. The van der Waals surface area contributed by atoms with Gasteiger partial charge in [0, 0.05) is 14.5 Å². The Morgan fingerprint density at radius 3 is 2.81 bits per heavy atom. The topological polar surface area (TPSA) is 113 Å². The molecule has 0 aliphatic carbocycles. The summed E-state index contributed by atoms with van der Waals surface area (Å²) in [6, 6.07) is 7.23. The minimum absolute atomic E-state index is 0.0128. The quantitative estimate of drug-likeness (QED) is 0.584. The van der Waals surface area contributed by atoms with Crippen LogP contribution in [0.5, 0.6) is 0 Å². The number of amidine groups is 1. The summed E-state index contributed by atoms with van der Waals surface area (Å²) in [5.41, 5.74) is 0.770. The summed E-state index contributed by atoms with van der Waals surface area (Å²) < 4.78 is 29.7. The van der Waals surface area contributed by atoms with E-state index in [4.69, 9.17) is 9.84 Å². The number of rotatable bonds is 5. The maximum absolute atomic E-state index is 12.0. The van der Waals surface area contributed by atoms with Crippen molar-refractivity contribution >= 4 is 66.9 Å². The van der Waals surface area contributed by atoms with Crippen LogP contribution in [0.2, 0.25) is 0 Å². The second-order valence-electron chi connectivity index (χ2n) is 5.83. The number of thioether (sulfide) groups is 1. The number of ether oxygens (including phenoxy) is 1. The van der Waals surface area contributed by atoms with Crippen LogP contribution in [-0.2, 0) is 24.2 Å². The Labute approximate surface area is 168 Å². The number of carbonyl (C=O) groups excluding carboxylic acids is 1. The molecule has 26 heavy (non-hydrogen) atoms. The van der Waals surface area contributed by atoms with Crippen LogP contribution in [0.25, 0.3) is 0 Å². The van der Waals surface area contributed by atoms with Crippen molar-refractivity contribution in [3.05, 3.63) is 27.8 Å². The minimum Gasteiger partial charge on any atom is -0.480 e. The molecule has 140 valence electrons. The van der Waals surface area contributed by atoms with Gasteiger partial charge in [0.05, 0.1) is 17.5 Å². The fourth-order valence-electron chi connectivity index (χ4n) is 2.86. The van der Waals surface area contributed by atoms with Gasteiger partial charge in [0.1, 0.15) is 13.2 Å². The third-order valence-corrected chi connectivity index (χ3v) is 7.71. The molecular formula is C15H15IN2O6S2. The fourth-order valence-corrected chi connectivity index (χ4v) is 7.31. The van der Waals surface area contributed by atoms with Crippen LogP contribution >= 0.6 is 34.4 Å². The largest absolute Gasteiger partial charge is 0.480 e. The third-order valence-electron chi connectivity index (χ3n) is 3.82. The lowest BCUT2D eigenvalue weighted by Gasteiger charge is -2.24. The van der Waals surface area contributed by atoms with Crippen molar-refractivity contribution in [3.8, 4) is 0 Å². The zero-order valence-corrected chi connectivity index (χ0v) is 17.2. The van der Waals surface area contributed by atoms with E-state index in [2.05, 4.69) is 27.6 Å². The molecule has 1 aromatic carbocycles. The van der Waals surface area contributed by atoms with Gasteiger partial charge in [-0.1, -0.05) is 17.8 Å². The van der Waals surface area contributed by atoms with Gasteiger partial charge in [-0.15, -0.1) is 0 Å². The summed E-state index contributed by atoms with van der Waals surface area (Å²) in [4.78, 5) is 28.3. The number of hydrogen-bond donors (Lipinski definition) is 1. The van der Waals surface area contributed by atoms with E-state index in [9.17, 15) is 18.0 Å². The van der Waals surface area contributed by atoms with E-state index < -0.39 is 34.9 Å². The third kappa shape index (κ3) is 4.56. The number of carbonyl (C=O) groups is 2. The first-order chi connectivity index (χ1) is 12.2. The van der Waals surface area contributed by atoms with Crippen LogP contribution in [-0.4, -0.2) is 66.6 Å². The number of nitrogens with zero attached hydrogens (tertiary/aromatic N) is 2. The highest BCUT2D eigenvalue weighted by atomic mass is 127. The van der Waals surface area contributed by atoms with E-state index in [-0.39, 0.29) is 22.8 Å². The maximum atomic E-state index is 12.0. The van der Waals surface area contributed by atoms with Crippen LogP contribution in [0.3, 0.4) is 0 Å². The van der Waals surface area contributed by atoms with Gasteiger partial charge in [-0.05, 0) is 40.8 Å². The molecule has 0 radical (unpaired) electrons. The molecule has 1 aromatic rings. The van der Waals surface area contributed by atoms with Crippen molar-refractivity contribution in [1.82, 2.24) is 0 Å². The van der Waals surface area contributed by atoms with E-state index in [1.54, 1.807) is 4.90 Å². The second kappa shape index (κ2) is 7.82. The minimum atomic E-state index is -3.13. The molecule has 8 nitrogen and oxygen atoms in total. The second-order valence-corrected chi connectivity index (χ2v) is 10.4. The van der Waals surface area contributed by atoms with Crippen molar-refractivity contribution in [2.75, 3.05) is 29.6 Å². The van der Waals surface area contributed by atoms with Gasteiger partial charge in [0.2, 0.25) is 0 Å². The smallest absolute Gasteiger partial charge is 0.329 e. The summed E-state index contributed by atoms with van der Waals surface area (Å²) in [5, 5.41) is 8.77. The van der Waals surface area contributed by atoms with Crippen LogP contribution in [0.4, 0.5) is 5.69 Å². The van der Waals surface area contributed by atoms with Gasteiger partial charge in [0.15, 0.2) is 15.0 Å². The predicted octanol–water partition coefficient (Wildman–Crippen LogP) is 0.994. The van der Waals surface area contributed by atoms with Gasteiger partial charge in [-0.25, -0.2) is 13.2 Å². The average Bonchev–Trinajstić information content (AvgIpc) is 2.97. The van der Waals surface area contributed by atoms with Crippen molar-refractivity contribution in [2.24, 2.45) is 4.99 Å². The van der Waals surface area contributed by atoms with E-state index in [0.717, 1.165) is 9.26 Å². The molecule has 0 unspecified atom stereocenters. The van der Waals surface area contributed by atoms with E-state index in [0.29, 0.717) is 5.17 Å². The first-order valence-electron chi connectivity index (χ1n) is 7.58. The lowest BCUT2D eigenvalue weighted by Crippen LogP contribution is -2.37. The van der Waals surface area contributed by atoms with Crippen molar-refractivity contribution in [3.63, 3.8) is 0 Å². The molecule has 2 atom stereocenters. The Morgan fingerprint density at radius 1 is 1.35 bits per heavy atom. The summed E-state index contributed by atoms with van der Waals surface area (Å²) >= 11 is 3.42. The SMILES string of the molecule is O=C(O)COCC(=O)N=C1S[C@H]2CS(=O)(=O)C[C@@H]2N1c1cccc(I)c1. The molecule has 2 heterocycles. The van der Waals surface area contributed by atoms with Gasteiger partial charge < -0.3 is 14.7 Å². The highest BCUT2D eigenvalue weighted by molar-refractivity contribution is 14.1. The van der Waals surface area contributed by atoms with Crippen LogP contribution in [0, 0.1) is 3.57 Å². The monoisotopic (exact) mass is 510 g/mol. The lowest BCUT2D eigenvalue weighted by atomic mass is 10.2. The number of halogens is 1. The molecular weight excluding hydrogens is 495 g/mol. The van der Waals surface area contributed by atoms with E-state index >= 15 is 0 Å². The van der Waals surface area contributed by atoms with Gasteiger partial charge >= 0.3 is 5.97 Å². The number of carboxylic acid groups (broad SMARTS) is 1. The Balaban J connectivity index is 1.85. The van der Waals surface area contributed by atoms with Crippen LogP contribution < -0.4 is 4.90 Å². The number of hydrogen-bond acceptors (Lipinski definition) is 6. The molecule has 11 heteroatoms. The van der Waals surface area contributed by atoms with Crippen LogP contribution in [0.15, 0.2) is 29.3 Å². The molecule has 2 saturated heterocycles. The number of benzene rings is 1. The van der Waals surface area contributed by atoms with Gasteiger partial charge in [-0.2, -0.15) is 4.99 Å². The van der Waals surface area contributed by atoms with Gasteiger partial charge in [-0.3, -0.25) is 4.79 Å². The normalized spacial score (nSPS) is 25.4. The molecule has 1 amide bonds. The lowest BCUT2D eigenvalue weighted by molar-refractivity contribution is -0.143. The van der Waals surface area contributed by atoms with E-state index in [1.165, 1.54) is 11.8 Å². The number of aliphatic carboxylic acids is 1. The highest BCUT2D eigenvalue weighted by Crippen LogP contribution is 2.41. The molecule has 0 aromatic heterocycles. The maximum Gasteiger partial charge on any atom is 0.329 e. The first kappa shape index (κ1) is 19.6. The number of sulfone groups is 1. The Morgan fingerprint density at radius 2 is 2.12 bits per heavy atom. The summed E-state index contributed by atoms with van der Waals surface area (Å²) in [6.07, 6.45) is 0. The standard InChI is InChI=1S/C15H15IN2O6S2/c16-9-2-1-3-10(4-9)18-11-7-26(22,23)8-12(11)25-15(18)17-13(19)5-24-6-14(20)21/h1-4,11-12H,5-8H2,(H,20,21)/t11-,12-/m0/s1. The first-order valence-corrected chi connectivity index (χ1v) is 11.4. The van der Waals surface area contributed by atoms with Crippen molar-refractivity contribution < 1.29 is 27.9 Å². The number of amides is 1.